The Morgan fingerprint density at radius 3 is 2.58 bits per heavy atom. The Bertz CT molecular complexity index is 979. The third-order valence-electron chi connectivity index (χ3n) is 3.46. The van der Waals surface area contributed by atoms with Gasteiger partial charge in [-0.25, -0.2) is 0 Å². The first-order valence-corrected chi connectivity index (χ1v) is 9.38. The Kier molecular flexibility index (Phi) is 5.33. The number of thiocarbonyl (C=S) groups is 1. The minimum absolute atomic E-state index is 0.0463. The maximum absolute atomic E-state index is 12.7. The molecule has 10 heteroatoms. The number of amides is 1. The van der Waals surface area contributed by atoms with Gasteiger partial charge in [-0.15, -0.1) is 0 Å². The van der Waals surface area contributed by atoms with Gasteiger partial charge in [-0.2, -0.15) is 0 Å². The molecule has 1 aliphatic heterocycles. The highest BCUT2D eigenvalue weighted by Gasteiger charge is 2.33. The van der Waals surface area contributed by atoms with Gasteiger partial charge in [0, 0.05) is 22.7 Å². The second kappa shape index (κ2) is 7.36. The van der Waals surface area contributed by atoms with Crippen LogP contribution in [0.15, 0.2) is 45.8 Å². The van der Waals surface area contributed by atoms with E-state index in [-0.39, 0.29) is 21.7 Å². The zero-order chi connectivity index (χ0) is 19.0. The summed E-state index contributed by atoms with van der Waals surface area (Å²) in [5.41, 5.74) is 0.718. The van der Waals surface area contributed by atoms with Gasteiger partial charge in [-0.05, 0) is 46.3 Å². The monoisotopic (exact) mass is 470 g/mol. The van der Waals surface area contributed by atoms with E-state index < -0.39 is 4.92 Å². The number of hydrogen-bond donors (Lipinski definition) is 1. The molecule has 132 valence electrons. The van der Waals surface area contributed by atoms with Gasteiger partial charge in [0.25, 0.3) is 11.6 Å². The number of carbonyl (C=O) groups excluding carboxylic acids is 1. The number of aromatic hydroxyl groups is 1. The zero-order valence-electron chi connectivity index (χ0n) is 12.7. The molecule has 0 aliphatic carbocycles. The molecular weight excluding hydrogens is 464 g/mol. The Labute approximate surface area is 170 Å². The van der Waals surface area contributed by atoms with Crippen molar-refractivity contribution in [2.24, 2.45) is 0 Å². The van der Waals surface area contributed by atoms with Crippen molar-refractivity contribution in [2.45, 2.75) is 0 Å². The molecule has 1 saturated heterocycles. The van der Waals surface area contributed by atoms with Crippen LogP contribution in [-0.4, -0.2) is 20.3 Å². The SMILES string of the molecule is O=C1/C(=C/c2cc(Cl)cc(Br)c2O)SC(=S)N1c1ccc([N+](=O)[O-])cc1. The number of carbonyl (C=O) groups is 1. The molecule has 0 unspecified atom stereocenters. The Morgan fingerprint density at radius 1 is 1.31 bits per heavy atom. The van der Waals surface area contributed by atoms with Gasteiger partial charge < -0.3 is 5.11 Å². The second-order valence-corrected chi connectivity index (χ2v) is 8.08. The number of hydrogen-bond acceptors (Lipinski definition) is 6. The van der Waals surface area contributed by atoms with E-state index in [1.165, 1.54) is 47.4 Å². The second-order valence-electron chi connectivity index (χ2n) is 5.12. The first-order valence-electron chi connectivity index (χ1n) is 6.98. The standard InChI is InChI=1S/C16H8BrClN2O4S2/c17-12-7-9(18)5-8(14(12)21)6-13-15(22)19(16(25)26-13)10-1-3-11(4-2-10)20(23)24/h1-7,21H/b13-6-. The van der Waals surface area contributed by atoms with Crippen LogP contribution in [-0.2, 0) is 4.79 Å². The van der Waals surface area contributed by atoms with Crippen molar-refractivity contribution in [3.8, 4) is 5.75 Å². The molecule has 26 heavy (non-hydrogen) atoms. The van der Waals surface area contributed by atoms with Crippen LogP contribution in [0.2, 0.25) is 5.02 Å². The molecule has 0 saturated carbocycles. The molecule has 0 bridgehead atoms. The summed E-state index contributed by atoms with van der Waals surface area (Å²) >= 11 is 15.5. The number of non-ortho nitro benzene ring substituents is 1. The highest BCUT2D eigenvalue weighted by atomic mass is 79.9. The van der Waals surface area contributed by atoms with Crippen LogP contribution in [0, 0.1) is 10.1 Å². The summed E-state index contributed by atoms with van der Waals surface area (Å²) in [7, 11) is 0. The van der Waals surface area contributed by atoms with Crippen LogP contribution < -0.4 is 4.90 Å². The van der Waals surface area contributed by atoms with Crippen LogP contribution >= 0.6 is 51.5 Å². The lowest BCUT2D eigenvalue weighted by atomic mass is 10.2. The highest BCUT2D eigenvalue weighted by Crippen LogP contribution is 2.39. The van der Waals surface area contributed by atoms with Gasteiger partial charge in [0.15, 0.2) is 4.32 Å². The third-order valence-corrected chi connectivity index (χ3v) is 5.58. The van der Waals surface area contributed by atoms with Crippen LogP contribution in [0.25, 0.3) is 6.08 Å². The smallest absolute Gasteiger partial charge is 0.270 e. The van der Waals surface area contributed by atoms with Crippen molar-refractivity contribution in [3.63, 3.8) is 0 Å². The molecule has 0 spiro atoms. The van der Waals surface area contributed by atoms with Crippen molar-refractivity contribution in [1.82, 2.24) is 0 Å². The molecule has 6 nitrogen and oxygen atoms in total. The van der Waals surface area contributed by atoms with Gasteiger partial charge in [-0.1, -0.05) is 35.6 Å². The van der Waals surface area contributed by atoms with Gasteiger partial charge in [0.05, 0.1) is 20.0 Å². The van der Waals surface area contributed by atoms with Crippen molar-refractivity contribution in [1.29, 1.82) is 0 Å². The van der Waals surface area contributed by atoms with E-state index in [2.05, 4.69) is 15.9 Å². The summed E-state index contributed by atoms with van der Waals surface area (Å²) in [5, 5.41) is 21.3. The Morgan fingerprint density at radius 2 is 1.96 bits per heavy atom. The van der Waals surface area contributed by atoms with E-state index in [1.807, 2.05) is 0 Å². The summed E-state index contributed by atoms with van der Waals surface area (Å²) in [5.74, 6) is -0.431. The van der Waals surface area contributed by atoms with Gasteiger partial charge in [-0.3, -0.25) is 19.8 Å². The molecule has 3 rings (SSSR count). The highest BCUT2D eigenvalue weighted by molar-refractivity contribution is 9.10. The maximum Gasteiger partial charge on any atom is 0.270 e. The molecule has 1 heterocycles. The summed E-state index contributed by atoms with van der Waals surface area (Å²) in [6.07, 6.45) is 1.50. The summed E-state index contributed by atoms with van der Waals surface area (Å²) in [6.45, 7) is 0. The number of nitrogens with zero attached hydrogens (tertiary/aromatic N) is 2. The minimum Gasteiger partial charge on any atom is -0.506 e. The topological polar surface area (TPSA) is 83.7 Å². The van der Waals surface area contributed by atoms with E-state index in [0.29, 0.717) is 25.7 Å². The fraction of sp³-hybridized carbons (Fsp3) is 0. The molecule has 2 aromatic carbocycles. The first-order chi connectivity index (χ1) is 12.3. The molecule has 0 atom stereocenters. The van der Waals surface area contributed by atoms with Crippen LogP contribution in [0.4, 0.5) is 11.4 Å². The molecular formula is C16H8BrClN2O4S2. The van der Waals surface area contributed by atoms with Crippen molar-refractivity contribution in [2.75, 3.05) is 4.90 Å². The number of anilines is 1. The molecule has 0 aromatic heterocycles. The zero-order valence-corrected chi connectivity index (χ0v) is 16.7. The lowest BCUT2D eigenvalue weighted by molar-refractivity contribution is -0.384. The number of phenols is 1. The molecule has 1 N–H and O–H groups in total. The fourth-order valence-corrected chi connectivity index (χ4v) is 4.37. The number of rotatable bonds is 3. The third kappa shape index (κ3) is 3.61. The fourth-order valence-electron chi connectivity index (χ4n) is 2.25. The lowest BCUT2D eigenvalue weighted by Gasteiger charge is -2.14. The van der Waals surface area contributed by atoms with E-state index in [1.54, 1.807) is 0 Å². The quantitative estimate of drug-likeness (QED) is 0.289. The van der Waals surface area contributed by atoms with Crippen molar-refractivity contribution < 1.29 is 14.8 Å². The Balaban J connectivity index is 1.95. The molecule has 1 aliphatic rings. The van der Waals surface area contributed by atoms with Crippen molar-refractivity contribution >= 4 is 79.2 Å². The average molecular weight is 472 g/mol. The lowest BCUT2D eigenvalue weighted by Crippen LogP contribution is -2.27. The van der Waals surface area contributed by atoms with Gasteiger partial charge in [0.2, 0.25) is 0 Å². The number of nitro benzene ring substituents is 1. The summed E-state index contributed by atoms with van der Waals surface area (Å²) in [6, 6.07) is 8.59. The number of thioether (sulfide) groups is 1. The number of nitro groups is 1. The average Bonchev–Trinajstić information content (AvgIpc) is 2.86. The molecule has 1 amide bonds. The van der Waals surface area contributed by atoms with E-state index in [0.717, 1.165) is 11.8 Å². The predicted molar refractivity (Wildman–Crippen MR) is 110 cm³/mol. The molecule has 0 radical (unpaired) electrons. The van der Waals surface area contributed by atoms with Crippen LogP contribution in [0.1, 0.15) is 5.56 Å². The first kappa shape index (κ1) is 18.8. The maximum atomic E-state index is 12.7. The molecule has 1 fully saturated rings. The Hall–Kier alpha value is -1.94. The molecule has 2 aromatic rings. The summed E-state index contributed by atoms with van der Waals surface area (Å²) < 4.78 is 0.692. The summed E-state index contributed by atoms with van der Waals surface area (Å²) in [4.78, 5) is 24.5. The van der Waals surface area contributed by atoms with E-state index >= 15 is 0 Å². The van der Waals surface area contributed by atoms with E-state index in [4.69, 9.17) is 23.8 Å². The largest absolute Gasteiger partial charge is 0.506 e. The minimum atomic E-state index is -0.520. The number of phenolic OH excluding ortho intramolecular Hbond substituents is 1. The van der Waals surface area contributed by atoms with Gasteiger partial charge in [0.1, 0.15) is 5.75 Å². The number of halogens is 2. The van der Waals surface area contributed by atoms with Gasteiger partial charge >= 0.3 is 0 Å². The van der Waals surface area contributed by atoms with E-state index in [9.17, 15) is 20.0 Å². The normalized spacial score (nSPS) is 15.8. The van der Waals surface area contributed by atoms with Crippen LogP contribution in [0.5, 0.6) is 5.75 Å². The predicted octanol–water partition coefficient (Wildman–Crippen LogP) is 5.12. The van der Waals surface area contributed by atoms with Crippen molar-refractivity contribution in [3.05, 3.63) is 66.5 Å². The number of benzene rings is 2. The van der Waals surface area contributed by atoms with Crippen LogP contribution in [0.3, 0.4) is 0 Å².